The summed E-state index contributed by atoms with van der Waals surface area (Å²) in [6, 6.07) is 11.5. The van der Waals surface area contributed by atoms with Crippen molar-refractivity contribution in [3.8, 4) is 0 Å². The maximum absolute atomic E-state index is 12.4. The Balaban J connectivity index is 0.000000817. The van der Waals surface area contributed by atoms with E-state index in [4.69, 9.17) is 21.5 Å². The van der Waals surface area contributed by atoms with Gasteiger partial charge in [0.05, 0.1) is 6.10 Å². The van der Waals surface area contributed by atoms with Crippen molar-refractivity contribution in [2.45, 2.75) is 25.4 Å². The number of halogens is 1. The molecule has 6 nitrogen and oxygen atoms in total. The quantitative estimate of drug-likeness (QED) is 0.765. The molecule has 0 saturated carbocycles. The first-order chi connectivity index (χ1) is 13.0. The van der Waals surface area contributed by atoms with Crippen molar-refractivity contribution >= 4 is 24.0 Å². The summed E-state index contributed by atoms with van der Waals surface area (Å²) in [5.41, 5.74) is 2.13. The number of aromatic nitrogens is 1. The fourth-order valence-electron chi connectivity index (χ4n) is 3.18. The zero-order chi connectivity index (χ0) is 19.6. The van der Waals surface area contributed by atoms with Crippen molar-refractivity contribution < 1.29 is 19.8 Å². The Labute approximate surface area is 163 Å². The highest BCUT2D eigenvalue weighted by atomic mass is 35.5. The SMILES string of the molecule is O=C(CCc1ccccc1Cl)N1C[C@@H](Cc2ccncc2)[C@H](O)C1.O=CO. The zero-order valence-electron chi connectivity index (χ0n) is 14.9. The first-order valence-electron chi connectivity index (χ1n) is 8.71. The lowest BCUT2D eigenvalue weighted by atomic mass is 9.97. The summed E-state index contributed by atoms with van der Waals surface area (Å²) in [5.74, 6) is 0.155. The third-order valence-corrected chi connectivity index (χ3v) is 4.94. The molecule has 1 aliphatic heterocycles. The average molecular weight is 391 g/mol. The standard InChI is InChI=1S/C19H21ClN2O2.CH2O2/c20-17-4-2-1-3-15(17)5-6-19(24)22-12-16(18(23)13-22)11-14-7-9-21-10-8-14;2-1-3/h1-4,7-10,16,18,23H,5-6,11-13H2;1H,(H,2,3)/t16-,18-;/m1./s1. The van der Waals surface area contributed by atoms with E-state index in [1.807, 2.05) is 36.4 Å². The van der Waals surface area contributed by atoms with Crippen LogP contribution in [0.2, 0.25) is 5.02 Å². The van der Waals surface area contributed by atoms with Crippen molar-refractivity contribution in [1.29, 1.82) is 0 Å². The number of aliphatic hydroxyl groups excluding tert-OH is 1. The Morgan fingerprint density at radius 3 is 2.56 bits per heavy atom. The number of hydrogen-bond acceptors (Lipinski definition) is 4. The minimum Gasteiger partial charge on any atom is -0.483 e. The molecule has 2 N–H and O–H groups in total. The predicted molar refractivity (Wildman–Crippen MR) is 102 cm³/mol. The molecule has 1 aromatic heterocycles. The van der Waals surface area contributed by atoms with Crippen LogP contribution in [0.1, 0.15) is 17.5 Å². The Hall–Kier alpha value is -2.44. The molecule has 7 heteroatoms. The maximum Gasteiger partial charge on any atom is 0.290 e. The van der Waals surface area contributed by atoms with E-state index in [1.165, 1.54) is 0 Å². The third kappa shape index (κ3) is 6.34. The second kappa shape index (κ2) is 10.6. The van der Waals surface area contributed by atoms with Crippen LogP contribution < -0.4 is 0 Å². The van der Waals surface area contributed by atoms with Gasteiger partial charge in [-0.05, 0) is 42.2 Å². The molecule has 1 aliphatic rings. The molecule has 3 rings (SSSR count). The van der Waals surface area contributed by atoms with E-state index in [0.29, 0.717) is 31.0 Å². The van der Waals surface area contributed by atoms with Gasteiger partial charge >= 0.3 is 0 Å². The normalized spacial score (nSPS) is 18.5. The van der Waals surface area contributed by atoms with E-state index < -0.39 is 6.10 Å². The summed E-state index contributed by atoms with van der Waals surface area (Å²) < 4.78 is 0. The van der Waals surface area contributed by atoms with Crippen LogP contribution >= 0.6 is 11.6 Å². The van der Waals surface area contributed by atoms with Crippen LogP contribution in [-0.4, -0.2) is 51.7 Å². The molecule has 0 radical (unpaired) electrons. The number of pyridine rings is 1. The van der Waals surface area contributed by atoms with E-state index in [9.17, 15) is 9.90 Å². The fraction of sp³-hybridized carbons (Fsp3) is 0.350. The molecule has 0 spiro atoms. The van der Waals surface area contributed by atoms with Gasteiger partial charge in [-0.2, -0.15) is 0 Å². The third-order valence-electron chi connectivity index (χ3n) is 4.57. The maximum atomic E-state index is 12.4. The van der Waals surface area contributed by atoms with Gasteiger partial charge in [-0.25, -0.2) is 0 Å². The van der Waals surface area contributed by atoms with Gasteiger partial charge in [-0.1, -0.05) is 29.8 Å². The lowest BCUT2D eigenvalue weighted by Crippen LogP contribution is -2.29. The largest absolute Gasteiger partial charge is 0.483 e. The van der Waals surface area contributed by atoms with E-state index in [1.54, 1.807) is 17.3 Å². The number of aliphatic hydroxyl groups is 1. The van der Waals surface area contributed by atoms with Crippen LogP contribution in [0, 0.1) is 5.92 Å². The molecule has 2 aromatic rings. The van der Waals surface area contributed by atoms with Gasteiger partial charge < -0.3 is 15.1 Å². The molecule has 2 heterocycles. The number of carbonyl (C=O) groups excluding carboxylic acids is 1. The number of rotatable bonds is 5. The van der Waals surface area contributed by atoms with Crippen LogP contribution in [0.3, 0.4) is 0 Å². The van der Waals surface area contributed by atoms with Gasteiger partial charge in [0, 0.05) is 42.8 Å². The van der Waals surface area contributed by atoms with Gasteiger partial charge in [0.15, 0.2) is 0 Å². The number of aryl methyl sites for hydroxylation is 1. The summed E-state index contributed by atoms with van der Waals surface area (Å²) in [6.45, 7) is 0.766. The number of amides is 1. The molecule has 1 aromatic carbocycles. The molecule has 0 aliphatic carbocycles. The number of carboxylic acid groups (broad SMARTS) is 1. The van der Waals surface area contributed by atoms with Gasteiger partial charge in [0.25, 0.3) is 6.47 Å². The lowest BCUT2D eigenvalue weighted by molar-refractivity contribution is -0.130. The number of hydrogen-bond donors (Lipinski definition) is 2. The van der Waals surface area contributed by atoms with Gasteiger partial charge in [0.2, 0.25) is 5.91 Å². The molecule has 1 saturated heterocycles. The number of benzene rings is 1. The molecule has 0 unspecified atom stereocenters. The zero-order valence-corrected chi connectivity index (χ0v) is 15.6. The number of β-amino-alcohol motifs (C(OH)–C–C–N with tert-alkyl or cyclic N) is 1. The highest BCUT2D eigenvalue weighted by Gasteiger charge is 2.33. The molecule has 27 heavy (non-hydrogen) atoms. The van der Waals surface area contributed by atoms with Crippen LogP contribution in [-0.2, 0) is 22.4 Å². The molecule has 0 bridgehead atoms. The second-order valence-corrected chi connectivity index (χ2v) is 6.79. The first-order valence-corrected chi connectivity index (χ1v) is 9.09. The molecular formula is C20H23ClN2O4. The Bertz CT molecular complexity index is 742. The van der Waals surface area contributed by atoms with Gasteiger partial charge in [-0.3, -0.25) is 14.6 Å². The number of nitrogens with zero attached hydrogens (tertiary/aromatic N) is 2. The average Bonchev–Trinajstić information content (AvgIpc) is 3.03. The number of likely N-dealkylation sites (tertiary alicyclic amines) is 1. The van der Waals surface area contributed by atoms with Crippen molar-refractivity contribution in [3.63, 3.8) is 0 Å². The molecule has 1 fully saturated rings. The van der Waals surface area contributed by atoms with Crippen molar-refractivity contribution in [2.75, 3.05) is 13.1 Å². The Kier molecular flexibility index (Phi) is 8.23. The molecule has 144 valence electrons. The highest BCUT2D eigenvalue weighted by molar-refractivity contribution is 6.31. The monoisotopic (exact) mass is 390 g/mol. The van der Waals surface area contributed by atoms with E-state index in [-0.39, 0.29) is 18.3 Å². The van der Waals surface area contributed by atoms with E-state index in [0.717, 1.165) is 17.5 Å². The lowest BCUT2D eigenvalue weighted by Gasteiger charge is -2.16. The molecular weight excluding hydrogens is 368 g/mol. The van der Waals surface area contributed by atoms with Crippen molar-refractivity contribution in [3.05, 3.63) is 64.9 Å². The summed E-state index contributed by atoms with van der Waals surface area (Å²) in [7, 11) is 0. The highest BCUT2D eigenvalue weighted by Crippen LogP contribution is 2.23. The van der Waals surface area contributed by atoms with Gasteiger partial charge in [0.1, 0.15) is 0 Å². The van der Waals surface area contributed by atoms with Crippen LogP contribution in [0.5, 0.6) is 0 Å². The van der Waals surface area contributed by atoms with E-state index >= 15 is 0 Å². The predicted octanol–water partition coefficient (Wildman–Crippen LogP) is 2.43. The smallest absolute Gasteiger partial charge is 0.290 e. The summed E-state index contributed by atoms with van der Waals surface area (Å²) in [6.07, 6.45) is 4.84. The van der Waals surface area contributed by atoms with Crippen molar-refractivity contribution in [2.24, 2.45) is 5.92 Å². The van der Waals surface area contributed by atoms with Crippen LogP contribution in [0.25, 0.3) is 0 Å². The van der Waals surface area contributed by atoms with Crippen LogP contribution in [0.15, 0.2) is 48.8 Å². The van der Waals surface area contributed by atoms with Gasteiger partial charge in [-0.15, -0.1) is 0 Å². The molecule has 1 amide bonds. The van der Waals surface area contributed by atoms with Crippen molar-refractivity contribution in [1.82, 2.24) is 9.88 Å². The summed E-state index contributed by atoms with van der Waals surface area (Å²) in [4.78, 5) is 26.6. The second-order valence-electron chi connectivity index (χ2n) is 6.38. The minimum absolute atomic E-state index is 0.0752. The fourth-order valence-corrected chi connectivity index (χ4v) is 3.41. The Morgan fingerprint density at radius 1 is 1.22 bits per heavy atom. The van der Waals surface area contributed by atoms with Crippen LogP contribution in [0.4, 0.5) is 0 Å². The summed E-state index contributed by atoms with van der Waals surface area (Å²) in [5, 5.41) is 17.9. The summed E-state index contributed by atoms with van der Waals surface area (Å²) >= 11 is 6.13. The molecule has 2 atom stereocenters. The topological polar surface area (TPSA) is 90.7 Å². The Morgan fingerprint density at radius 2 is 1.89 bits per heavy atom. The minimum atomic E-state index is -0.470. The number of carbonyl (C=O) groups is 2. The van der Waals surface area contributed by atoms with E-state index in [2.05, 4.69) is 4.98 Å². The first kappa shape index (κ1) is 20.9.